The molecule has 0 spiro atoms. The first-order chi connectivity index (χ1) is 2.00. The van der Waals surface area contributed by atoms with Crippen LogP contribution in [0.25, 0.3) is 0 Å². The number of hydrogen-bond donors (Lipinski definition) is 0. The Balaban J connectivity index is 0. The molecule has 0 aliphatic rings. The minimum absolute atomic E-state index is 0.125. The summed E-state index contributed by atoms with van der Waals surface area (Å²) in [5, 5.41) is 0. The van der Waals surface area contributed by atoms with Crippen LogP contribution in [0.2, 0.25) is 0 Å². The molecular formula is H2AlGaO2. The van der Waals surface area contributed by atoms with Gasteiger partial charge < -0.3 is 0 Å². The van der Waals surface area contributed by atoms with Gasteiger partial charge in [-0.15, -0.1) is 0 Å². The Hall–Kier alpha value is 0.769. The first kappa shape index (κ1) is 8.84. The van der Waals surface area contributed by atoms with Crippen LogP contribution < -0.4 is 0 Å². The molecule has 4 heteroatoms. The van der Waals surface area contributed by atoms with Crippen molar-refractivity contribution < 1.29 is 7.34 Å². The van der Waals surface area contributed by atoms with Gasteiger partial charge in [-0.05, 0) is 0 Å². The van der Waals surface area contributed by atoms with E-state index in [1.807, 2.05) is 0 Å². The third-order valence-electron chi connectivity index (χ3n) is 0. The molecule has 0 aromatic heterocycles. The van der Waals surface area contributed by atoms with Crippen LogP contribution >= 0.6 is 0 Å². The van der Waals surface area contributed by atoms with Crippen molar-refractivity contribution in [3.8, 4) is 0 Å². The molecule has 0 bridgehead atoms. The third-order valence-corrected chi connectivity index (χ3v) is 0. The van der Waals surface area contributed by atoms with Gasteiger partial charge in [-0.25, -0.2) is 0 Å². The van der Waals surface area contributed by atoms with E-state index in [4.69, 9.17) is 7.34 Å². The molecule has 0 aromatic rings. The fourth-order valence-corrected chi connectivity index (χ4v) is 0. The van der Waals surface area contributed by atoms with Gasteiger partial charge >= 0.3 is 42.1 Å². The summed E-state index contributed by atoms with van der Waals surface area (Å²) in [6.07, 6.45) is 0. The van der Waals surface area contributed by atoms with E-state index in [9.17, 15) is 0 Å². The normalized spacial score (nSPS) is 1.50. The van der Waals surface area contributed by atoms with Crippen molar-refractivity contribution in [1.29, 1.82) is 0 Å². The van der Waals surface area contributed by atoms with Crippen LogP contribution in [0, 0.1) is 0 Å². The minimum atomic E-state index is 0.125. The SMILES string of the molecule is [O]=[AlH].[O]=[GaH]. The van der Waals surface area contributed by atoms with Crippen molar-refractivity contribution in [2.24, 2.45) is 0 Å². The fourth-order valence-electron chi connectivity index (χ4n) is 0. The van der Waals surface area contributed by atoms with Crippen LogP contribution in [0.4, 0.5) is 0 Å². The molecule has 0 amide bonds. The molecule has 0 atom stereocenters. The Morgan fingerprint density at radius 2 is 1.25 bits per heavy atom. The molecular weight excluding hydrogens is 129 g/mol. The number of rotatable bonds is 0. The van der Waals surface area contributed by atoms with Gasteiger partial charge in [-0.1, -0.05) is 0 Å². The Kier molecular flexibility index (Phi) is 108. The second kappa shape index (κ2) is 48.9. The van der Waals surface area contributed by atoms with Gasteiger partial charge in [0.2, 0.25) is 0 Å². The third kappa shape index (κ3) is 14.7. The molecule has 0 saturated carbocycles. The van der Waals surface area contributed by atoms with Crippen molar-refractivity contribution in [2.45, 2.75) is 0 Å². The summed E-state index contributed by atoms with van der Waals surface area (Å²) in [5.41, 5.74) is 0. The van der Waals surface area contributed by atoms with Gasteiger partial charge in [-0.3, -0.25) is 0 Å². The Morgan fingerprint density at radius 3 is 1.25 bits per heavy atom. The van der Waals surface area contributed by atoms with E-state index < -0.39 is 0 Å². The van der Waals surface area contributed by atoms with Crippen LogP contribution in [0.1, 0.15) is 0 Å². The van der Waals surface area contributed by atoms with Gasteiger partial charge in [0.25, 0.3) is 0 Å². The molecule has 20 valence electrons. The molecule has 0 rings (SSSR count). The van der Waals surface area contributed by atoms with E-state index in [1.165, 1.54) is 0 Å². The summed E-state index contributed by atoms with van der Waals surface area (Å²) >= 11 is 0.736. The second-order valence-electron chi connectivity index (χ2n) is 0. The van der Waals surface area contributed by atoms with E-state index >= 15 is 0 Å². The molecule has 0 aliphatic carbocycles. The van der Waals surface area contributed by atoms with E-state index in [2.05, 4.69) is 0 Å². The van der Waals surface area contributed by atoms with Crippen LogP contribution in [-0.4, -0.2) is 34.8 Å². The average Bonchev–Trinajstić information content (AvgIpc) is 1.50. The molecule has 0 radical (unpaired) electrons. The Labute approximate surface area is 42.4 Å². The van der Waals surface area contributed by atoms with Crippen LogP contribution in [0.3, 0.4) is 0 Å². The topological polar surface area (TPSA) is 34.1 Å². The van der Waals surface area contributed by atoms with E-state index in [0.29, 0.717) is 16.2 Å². The summed E-state index contributed by atoms with van der Waals surface area (Å²) in [4.78, 5) is 0. The van der Waals surface area contributed by atoms with Gasteiger partial charge in [-0.2, -0.15) is 0 Å². The molecule has 0 unspecified atom stereocenters. The zero-order valence-corrected chi connectivity index (χ0v) is 6.61. The summed E-state index contributed by atoms with van der Waals surface area (Å²) in [7, 11) is 0. The summed E-state index contributed by atoms with van der Waals surface area (Å²) in [5.74, 6) is 0. The van der Waals surface area contributed by atoms with Crippen molar-refractivity contribution in [1.82, 2.24) is 0 Å². The molecule has 0 N–H and O–H groups in total. The zero-order chi connectivity index (χ0) is 4.00. The molecule has 0 fully saturated rings. The quantitative estimate of drug-likeness (QED) is 0.373. The van der Waals surface area contributed by atoms with E-state index in [0.717, 1.165) is 0 Å². The fraction of sp³-hybridized carbons (Fsp3) is 0. The summed E-state index contributed by atoms with van der Waals surface area (Å²) < 4.78 is 16.7. The van der Waals surface area contributed by atoms with Gasteiger partial charge in [0, 0.05) is 0 Å². The van der Waals surface area contributed by atoms with Crippen LogP contribution in [0.5, 0.6) is 0 Å². The second-order valence-corrected chi connectivity index (χ2v) is 0. The van der Waals surface area contributed by atoms with Gasteiger partial charge in [0.1, 0.15) is 0 Å². The molecule has 0 heterocycles. The summed E-state index contributed by atoms with van der Waals surface area (Å²) in [6.45, 7) is 0. The first-order valence-corrected chi connectivity index (χ1v) is 2.37. The standard InChI is InChI=1S/Al.Ga.2O.2H. The maximum absolute atomic E-state index is 8.38. The Morgan fingerprint density at radius 1 is 1.25 bits per heavy atom. The molecule has 0 saturated heterocycles. The van der Waals surface area contributed by atoms with E-state index in [-0.39, 0.29) is 18.6 Å². The van der Waals surface area contributed by atoms with Crippen molar-refractivity contribution in [3.63, 3.8) is 0 Å². The maximum atomic E-state index is 8.38. The van der Waals surface area contributed by atoms with Crippen molar-refractivity contribution >= 4 is 34.8 Å². The molecule has 0 aromatic carbocycles. The average molecular weight is 131 g/mol. The predicted octanol–water partition coefficient (Wildman–Crippen LogP) is -1.53. The van der Waals surface area contributed by atoms with Gasteiger partial charge in [0.05, 0.1) is 0 Å². The molecule has 0 aliphatic heterocycles. The van der Waals surface area contributed by atoms with Crippen LogP contribution in [0.15, 0.2) is 0 Å². The van der Waals surface area contributed by atoms with Crippen LogP contribution in [-0.2, 0) is 7.34 Å². The number of hydrogen-bond acceptors (Lipinski definition) is 2. The van der Waals surface area contributed by atoms with E-state index in [1.54, 1.807) is 0 Å². The molecule has 4 heavy (non-hydrogen) atoms. The molecule has 2 nitrogen and oxygen atoms in total. The van der Waals surface area contributed by atoms with Crippen molar-refractivity contribution in [3.05, 3.63) is 0 Å². The van der Waals surface area contributed by atoms with Gasteiger partial charge in [0.15, 0.2) is 0 Å². The monoisotopic (exact) mass is 130 g/mol. The summed E-state index contributed by atoms with van der Waals surface area (Å²) in [6, 6.07) is 0. The predicted molar refractivity (Wildman–Crippen MR) is 15.7 cm³/mol. The zero-order valence-electron chi connectivity index (χ0n) is 2.23. The first-order valence-electron chi connectivity index (χ1n) is 0.577. The van der Waals surface area contributed by atoms with Crippen molar-refractivity contribution in [2.75, 3.05) is 0 Å². The Bertz CT molecular complexity index is 8.00.